The van der Waals surface area contributed by atoms with E-state index in [9.17, 15) is 5.11 Å². The molecular formula is C14H13N3O. The van der Waals surface area contributed by atoms with Gasteiger partial charge in [0, 0.05) is 22.2 Å². The van der Waals surface area contributed by atoms with Crippen molar-refractivity contribution in [3.63, 3.8) is 0 Å². The molecule has 4 N–H and O–H groups in total. The smallest absolute Gasteiger partial charge is 0.116 e. The van der Waals surface area contributed by atoms with Crippen LogP contribution in [0.1, 0.15) is 5.69 Å². The van der Waals surface area contributed by atoms with Crippen molar-refractivity contribution in [1.29, 1.82) is 0 Å². The van der Waals surface area contributed by atoms with E-state index >= 15 is 0 Å². The number of phenolic OH excluding ortho intramolecular Hbond substituents is 1. The van der Waals surface area contributed by atoms with E-state index in [1.807, 2.05) is 25.1 Å². The molecule has 4 heteroatoms. The van der Waals surface area contributed by atoms with Crippen molar-refractivity contribution >= 4 is 16.6 Å². The first-order chi connectivity index (χ1) is 8.65. The second kappa shape index (κ2) is 3.77. The first-order valence-electron chi connectivity index (χ1n) is 5.68. The van der Waals surface area contributed by atoms with Crippen molar-refractivity contribution in [3.8, 4) is 17.0 Å². The Morgan fingerprint density at radius 1 is 1.22 bits per heavy atom. The van der Waals surface area contributed by atoms with Gasteiger partial charge in [0.1, 0.15) is 5.75 Å². The average Bonchev–Trinajstić information content (AvgIpc) is 2.66. The van der Waals surface area contributed by atoms with Crippen LogP contribution in [0.4, 0.5) is 5.69 Å². The number of nitrogens with one attached hydrogen (secondary N) is 1. The van der Waals surface area contributed by atoms with Crippen molar-refractivity contribution in [1.82, 2.24) is 9.97 Å². The van der Waals surface area contributed by atoms with Gasteiger partial charge in [-0.15, -0.1) is 0 Å². The normalized spacial score (nSPS) is 10.9. The number of hydrogen-bond acceptors (Lipinski definition) is 3. The molecule has 3 rings (SSSR count). The number of nitrogen functional groups attached to an aromatic ring is 1. The molecule has 0 amide bonds. The highest BCUT2D eigenvalue weighted by atomic mass is 16.3. The first kappa shape index (κ1) is 10.7. The maximum Gasteiger partial charge on any atom is 0.116 e. The molecule has 3 aromatic rings. The quantitative estimate of drug-likeness (QED) is 0.611. The first-order valence-corrected chi connectivity index (χ1v) is 5.68. The van der Waals surface area contributed by atoms with E-state index in [1.54, 1.807) is 18.3 Å². The monoisotopic (exact) mass is 239 g/mol. The molecule has 18 heavy (non-hydrogen) atoms. The molecule has 0 fully saturated rings. The minimum Gasteiger partial charge on any atom is -0.508 e. The lowest BCUT2D eigenvalue weighted by Crippen LogP contribution is -1.88. The van der Waals surface area contributed by atoms with Gasteiger partial charge in [0.25, 0.3) is 0 Å². The number of rotatable bonds is 1. The highest BCUT2D eigenvalue weighted by Crippen LogP contribution is 2.32. The molecule has 0 radical (unpaired) electrons. The fraction of sp³-hybridized carbons (Fsp3) is 0.0714. The number of benzene rings is 1. The van der Waals surface area contributed by atoms with Crippen LogP contribution in [0, 0.1) is 6.92 Å². The number of hydrogen-bond donors (Lipinski definition) is 3. The van der Waals surface area contributed by atoms with Crippen LogP contribution in [0.25, 0.3) is 22.2 Å². The number of nitrogens with zero attached hydrogens (tertiary/aromatic N) is 1. The van der Waals surface area contributed by atoms with Crippen molar-refractivity contribution in [3.05, 3.63) is 42.2 Å². The Bertz CT molecular complexity index is 714. The van der Waals surface area contributed by atoms with Crippen molar-refractivity contribution in [2.75, 3.05) is 5.73 Å². The zero-order valence-corrected chi connectivity index (χ0v) is 9.94. The maximum absolute atomic E-state index is 9.60. The Kier molecular flexibility index (Phi) is 2.23. The number of fused-ring (bicyclic) bond motifs is 1. The fourth-order valence-corrected chi connectivity index (χ4v) is 2.20. The van der Waals surface area contributed by atoms with Gasteiger partial charge in [0.2, 0.25) is 0 Å². The Labute approximate surface area is 104 Å². The number of nitrogens with two attached hydrogens (primary N) is 1. The van der Waals surface area contributed by atoms with Gasteiger partial charge in [-0.05, 0) is 37.3 Å². The lowest BCUT2D eigenvalue weighted by molar-refractivity contribution is 0.476. The zero-order valence-electron chi connectivity index (χ0n) is 9.94. The van der Waals surface area contributed by atoms with E-state index in [1.165, 1.54) is 0 Å². The summed E-state index contributed by atoms with van der Waals surface area (Å²) in [5, 5.41) is 10.6. The molecule has 1 aromatic carbocycles. The summed E-state index contributed by atoms with van der Waals surface area (Å²) in [6.45, 7) is 1.99. The van der Waals surface area contributed by atoms with E-state index in [4.69, 9.17) is 5.73 Å². The molecule has 0 atom stereocenters. The third-order valence-corrected chi connectivity index (χ3v) is 3.01. The summed E-state index contributed by atoms with van der Waals surface area (Å²) < 4.78 is 0. The number of pyridine rings is 1. The molecule has 0 unspecified atom stereocenters. The van der Waals surface area contributed by atoms with Crippen LogP contribution in [0.15, 0.2) is 36.5 Å². The number of aryl methyl sites for hydroxylation is 1. The molecule has 0 aliphatic carbocycles. The molecule has 2 aromatic heterocycles. The van der Waals surface area contributed by atoms with E-state index < -0.39 is 0 Å². The van der Waals surface area contributed by atoms with E-state index in [0.29, 0.717) is 5.69 Å². The van der Waals surface area contributed by atoms with Crippen LogP contribution >= 0.6 is 0 Å². The number of aromatic hydroxyl groups is 1. The van der Waals surface area contributed by atoms with Crippen molar-refractivity contribution in [2.45, 2.75) is 6.92 Å². The highest BCUT2D eigenvalue weighted by Gasteiger charge is 2.11. The number of aromatic amines is 1. The lowest BCUT2D eigenvalue weighted by Gasteiger charge is -2.02. The molecule has 2 heterocycles. The van der Waals surface area contributed by atoms with Crippen LogP contribution in [0.5, 0.6) is 5.75 Å². The number of phenols is 1. The second-order valence-corrected chi connectivity index (χ2v) is 4.33. The molecule has 0 saturated heterocycles. The Balaban J connectivity index is 2.30. The van der Waals surface area contributed by atoms with Crippen LogP contribution in [-0.4, -0.2) is 15.1 Å². The van der Waals surface area contributed by atoms with Gasteiger partial charge < -0.3 is 15.8 Å². The van der Waals surface area contributed by atoms with Crippen LogP contribution in [0.3, 0.4) is 0 Å². The van der Waals surface area contributed by atoms with Gasteiger partial charge in [-0.2, -0.15) is 0 Å². The predicted molar refractivity (Wildman–Crippen MR) is 72.3 cm³/mol. The van der Waals surface area contributed by atoms with Gasteiger partial charge in [0.15, 0.2) is 0 Å². The topological polar surface area (TPSA) is 74.9 Å². The minimum absolute atomic E-state index is 0.248. The van der Waals surface area contributed by atoms with E-state index in [2.05, 4.69) is 9.97 Å². The summed E-state index contributed by atoms with van der Waals surface area (Å²) in [6.07, 6.45) is 1.64. The largest absolute Gasteiger partial charge is 0.508 e. The number of aromatic nitrogens is 2. The summed E-state index contributed by atoms with van der Waals surface area (Å²) in [7, 11) is 0. The molecule has 0 saturated carbocycles. The molecule has 0 aliphatic heterocycles. The average molecular weight is 239 g/mol. The number of anilines is 1. The molecule has 0 spiro atoms. The zero-order chi connectivity index (χ0) is 12.7. The van der Waals surface area contributed by atoms with Crippen LogP contribution in [0.2, 0.25) is 0 Å². The third kappa shape index (κ3) is 1.59. The maximum atomic E-state index is 9.60. The van der Waals surface area contributed by atoms with Crippen molar-refractivity contribution < 1.29 is 5.11 Å². The SMILES string of the molecule is Cc1[nH]c2ccc(O)cc2c1-c1ccc(N)cn1. The fourth-order valence-electron chi connectivity index (χ4n) is 2.20. The Morgan fingerprint density at radius 2 is 2.06 bits per heavy atom. The standard InChI is InChI=1S/C14H13N3O/c1-8-14(13-4-2-9(15)7-16-13)11-6-10(18)3-5-12(11)17-8/h2-7,17-18H,15H2,1H3. The molecular weight excluding hydrogens is 226 g/mol. The summed E-state index contributed by atoms with van der Waals surface area (Å²) in [5.41, 5.74) is 10.1. The molecule has 0 bridgehead atoms. The van der Waals surface area contributed by atoms with Crippen LogP contribution < -0.4 is 5.73 Å². The molecule has 4 nitrogen and oxygen atoms in total. The van der Waals surface area contributed by atoms with Crippen LogP contribution in [-0.2, 0) is 0 Å². The van der Waals surface area contributed by atoms with Gasteiger partial charge in [-0.3, -0.25) is 4.98 Å². The van der Waals surface area contributed by atoms with Gasteiger partial charge >= 0.3 is 0 Å². The highest BCUT2D eigenvalue weighted by molar-refractivity contribution is 5.97. The predicted octanol–water partition coefficient (Wildman–Crippen LogP) is 2.83. The van der Waals surface area contributed by atoms with Gasteiger partial charge in [0.05, 0.1) is 17.6 Å². The third-order valence-electron chi connectivity index (χ3n) is 3.01. The summed E-state index contributed by atoms with van der Waals surface area (Å²) in [6, 6.07) is 8.97. The Hall–Kier alpha value is -2.49. The summed E-state index contributed by atoms with van der Waals surface area (Å²) in [4.78, 5) is 7.62. The van der Waals surface area contributed by atoms with E-state index in [-0.39, 0.29) is 5.75 Å². The van der Waals surface area contributed by atoms with Gasteiger partial charge in [-0.1, -0.05) is 0 Å². The van der Waals surface area contributed by atoms with E-state index in [0.717, 1.165) is 27.9 Å². The minimum atomic E-state index is 0.248. The number of H-pyrrole nitrogens is 1. The Morgan fingerprint density at radius 3 is 2.78 bits per heavy atom. The second-order valence-electron chi connectivity index (χ2n) is 4.33. The molecule has 0 aliphatic rings. The van der Waals surface area contributed by atoms with Gasteiger partial charge in [-0.25, -0.2) is 0 Å². The lowest BCUT2D eigenvalue weighted by atomic mass is 10.1. The summed E-state index contributed by atoms with van der Waals surface area (Å²) in [5.74, 6) is 0.248. The van der Waals surface area contributed by atoms with Crippen molar-refractivity contribution in [2.24, 2.45) is 0 Å². The summed E-state index contributed by atoms with van der Waals surface area (Å²) >= 11 is 0. The molecule has 90 valence electrons.